The van der Waals surface area contributed by atoms with Crippen LogP contribution in [0.3, 0.4) is 0 Å². The molecule has 1 aliphatic heterocycles. The number of rotatable bonds is 6. The predicted molar refractivity (Wildman–Crippen MR) is 116 cm³/mol. The second kappa shape index (κ2) is 10.5. The van der Waals surface area contributed by atoms with E-state index >= 15 is 0 Å². The van der Waals surface area contributed by atoms with E-state index in [4.69, 9.17) is 9.47 Å². The van der Waals surface area contributed by atoms with Gasteiger partial charge in [0.25, 0.3) is 11.8 Å². The van der Waals surface area contributed by atoms with Gasteiger partial charge in [0.15, 0.2) is 11.5 Å². The molecule has 0 bridgehead atoms. The first-order valence-corrected chi connectivity index (χ1v) is 10.2. The molecule has 158 valence electrons. The normalized spacial score (nSPS) is 14.6. The van der Waals surface area contributed by atoms with Gasteiger partial charge in [-0.25, -0.2) is 0 Å². The van der Waals surface area contributed by atoms with E-state index in [0.29, 0.717) is 30.2 Å². The topological polar surface area (TPSA) is 67.9 Å². The van der Waals surface area contributed by atoms with Crippen LogP contribution in [-0.2, 0) is 4.79 Å². The maximum Gasteiger partial charge on any atom is 0.270 e. The molecule has 1 fully saturated rings. The number of hydrogen-bond acceptors (Lipinski definition) is 4. The molecule has 1 saturated heterocycles. The Morgan fingerprint density at radius 2 is 1.57 bits per heavy atom. The van der Waals surface area contributed by atoms with Crippen LogP contribution in [0.25, 0.3) is 6.08 Å². The van der Waals surface area contributed by atoms with Crippen LogP contribution in [-0.4, -0.2) is 44.0 Å². The van der Waals surface area contributed by atoms with E-state index in [0.717, 1.165) is 31.2 Å². The summed E-state index contributed by atoms with van der Waals surface area (Å²) in [5.74, 6) is 0.673. The van der Waals surface area contributed by atoms with Crippen LogP contribution in [0.15, 0.2) is 54.2 Å². The summed E-state index contributed by atoms with van der Waals surface area (Å²) >= 11 is 0. The minimum atomic E-state index is -0.314. The van der Waals surface area contributed by atoms with E-state index in [-0.39, 0.29) is 17.5 Å². The second-order valence-electron chi connectivity index (χ2n) is 7.20. The minimum absolute atomic E-state index is 0.170. The molecule has 2 aromatic rings. The van der Waals surface area contributed by atoms with E-state index in [1.54, 1.807) is 56.7 Å². The first-order valence-electron chi connectivity index (χ1n) is 10.2. The molecule has 1 aliphatic rings. The quantitative estimate of drug-likeness (QED) is 0.737. The summed E-state index contributed by atoms with van der Waals surface area (Å²) < 4.78 is 10.6. The average Bonchev–Trinajstić information content (AvgIpc) is 3.08. The van der Waals surface area contributed by atoms with Gasteiger partial charge in [0.05, 0.1) is 14.2 Å². The van der Waals surface area contributed by atoms with Crippen molar-refractivity contribution in [1.82, 2.24) is 10.2 Å². The Labute approximate surface area is 177 Å². The third kappa shape index (κ3) is 5.41. The number of carbonyl (C=O) groups excluding carboxylic acids is 2. The highest BCUT2D eigenvalue weighted by Crippen LogP contribution is 2.28. The smallest absolute Gasteiger partial charge is 0.270 e. The summed E-state index contributed by atoms with van der Waals surface area (Å²) in [5.41, 5.74) is 1.48. The van der Waals surface area contributed by atoms with Gasteiger partial charge in [-0.3, -0.25) is 9.59 Å². The highest BCUT2D eigenvalue weighted by atomic mass is 16.5. The molecule has 0 spiro atoms. The van der Waals surface area contributed by atoms with Gasteiger partial charge in [-0.15, -0.1) is 0 Å². The molecule has 3 rings (SSSR count). The molecule has 1 N–H and O–H groups in total. The Balaban J connectivity index is 1.92. The van der Waals surface area contributed by atoms with Crippen LogP contribution in [0.1, 0.15) is 41.6 Å². The maximum absolute atomic E-state index is 13.3. The molecule has 0 unspecified atom stereocenters. The third-order valence-electron chi connectivity index (χ3n) is 5.13. The Bertz CT molecular complexity index is 901. The molecular weight excluding hydrogens is 380 g/mol. The Kier molecular flexibility index (Phi) is 7.49. The van der Waals surface area contributed by atoms with Crippen LogP contribution < -0.4 is 14.8 Å². The number of ether oxygens (including phenoxy) is 2. The highest BCUT2D eigenvalue weighted by Gasteiger charge is 2.22. The summed E-state index contributed by atoms with van der Waals surface area (Å²) in [6.45, 7) is 1.40. The van der Waals surface area contributed by atoms with E-state index < -0.39 is 0 Å². The number of amides is 2. The predicted octanol–water partition coefficient (Wildman–Crippen LogP) is 3.88. The number of nitrogens with zero attached hydrogens (tertiary/aromatic N) is 1. The molecule has 6 nitrogen and oxygen atoms in total. The summed E-state index contributed by atoms with van der Waals surface area (Å²) in [6.07, 6.45) is 5.88. The van der Waals surface area contributed by atoms with Gasteiger partial charge in [0.1, 0.15) is 5.70 Å². The molecule has 2 amide bonds. The van der Waals surface area contributed by atoms with Gasteiger partial charge >= 0.3 is 0 Å². The minimum Gasteiger partial charge on any atom is -0.493 e. The van der Waals surface area contributed by atoms with Crippen LogP contribution in [0.2, 0.25) is 0 Å². The largest absolute Gasteiger partial charge is 0.493 e. The molecule has 0 aliphatic carbocycles. The van der Waals surface area contributed by atoms with Gasteiger partial charge < -0.3 is 19.7 Å². The van der Waals surface area contributed by atoms with Gasteiger partial charge in [-0.1, -0.05) is 37.1 Å². The lowest BCUT2D eigenvalue weighted by Gasteiger charge is -2.22. The van der Waals surface area contributed by atoms with Crippen LogP contribution in [0.5, 0.6) is 11.5 Å². The molecule has 0 aromatic heterocycles. The monoisotopic (exact) mass is 408 g/mol. The number of carbonyl (C=O) groups is 2. The molecule has 0 saturated carbocycles. The van der Waals surface area contributed by atoms with Crippen molar-refractivity contribution in [2.24, 2.45) is 0 Å². The molecule has 6 heteroatoms. The zero-order valence-corrected chi connectivity index (χ0v) is 17.5. The number of hydrogen-bond donors (Lipinski definition) is 1. The lowest BCUT2D eigenvalue weighted by molar-refractivity contribution is -0.127. The molecular formula is C24H28N2O4. The molecule has 2 aromatic carbocycles. The fraction of sp³-hybridized carbons (Fsp3) is 0.333. The first-order chi connectivity index (χ1) is 14.6. The second-order valence-corrected chi connectivity index (χ2v) is 7.20. The van der Waals surface area contributed by atoms with E-state index in [1.807, 2.05) is 17.0 Å². The van der Waals surface area contributed by atoms with E-state index in [2.05, 4.69) is 5.32 Å². The van der Waals surface area contributed by atoms with Crippen molar-refractivity contribution in [2.45, 2.75) is 25.7 Å². The lowest BCUT2D eigenvalue weighted by atomic mass is 10.1. The summed E-state index contributed by atoms with van der Waals surface area (Å²) in [7, 11) is 3.13. The number of methoxy groups -OCH3 is 2. The van der Waals surface area contributed by atoms with Crippen LogP contribution in [0, 0.1) is 0 Å². The lowest BCUT2D eigenvalue weighted by Crippen LogP contribution is -2.39. The van der Waals surface area contributed by atoms with Crippen molar-refractivity contribution in [3.8, 4) is 11.5 Å². The fourth-order valence-electron chi connectivity index (χ4n) is 3.49. The van der Waals surface area contributed by atoms with Crippen molar-refractivity contribution >= 4 is 17.9 Å². The number of likely N-dealkylation sites (tertiary alicyclic amines) is 1. The third-order valence-corrected chi connectivity index (χ3v) is 5.13. The van der Waals surface area contributed by atoms with Crippen molar-refractivity contribution in [3.63, 3.8) is 0 Å². The average molecular weight is 408 g/mol. The summed E-state index contributed by atoms with van der Waals surface area (Å²) in [4.78, 5) is 27.9. The summed E-state index contributed by atoms with van der Waals surface area (Å²) in [6, 6.07) is 14.3. The summed E-state index contributed by atoms with van der Waals surface area (Å²) in [5, 5.41) is 2.82. The molecule has 0 radical (unpaired) electrons. The van der Waals surface area contributed by atoms with Crippen molar-refractivity contribution in [3.05, 3.63) is 65.4 Å². The number of benzene rings is 2. The van der Waals surface area contributed by atoms with Crippen LogP contribution in [0.4, 0.5) is 0 Å². The zero-order valence-electron chi connectivity index (χ0n) is 17.5. The van der Waals surface area contributed by atoms with Crippen molar-refractivity contribution < 1.29 is 19.1 Å². The van der Waals surface area contributed by atoms with Gasteiger partial charge in [0, 0.05) is 18.7 Å². The van der Waals surface area contributed by atoms with Crippen molar-refractivity contribution in [2.75, 3.05) is 27.3 Å². The van der Waals surface area contributed by atoms with Gasteiger partial charge in [0.2, 0.25) is 0 Å². The molecule has 0 atom stereocenters. The fourth-order valence-corrected chi connectivity index (χ4v) is 3.49. The standard InChI is InChI=1S/C24H28N2O4/c1-29-21-13-12-18(17-22(21)30-2)16-20(24(28)26-14-8-3-4-9-15-26)25-23(27)19-10-6-5-7-11-19/h5-7,10-13,16-17H,3-4,8-9,14-15H2,1-2H3,(H,25,27). The van der Waals surface area contributed by atoms with Crippen molar-refractivity contribution in [1.29, 1.82) is 0 Å². The Morgan fingerprint density at radius 1 is 0.900 bits per heavy atom. The molecule has 30 heavy (non-hydrogen) atoms. The number of nitrogens with one attached hydrogen (secondary N) is 1. The van der Waals surface area contributed by atoms with Crippen LogP contribution >= 0.6 is 0 Å². The molecule has 1 heterocycles. The van der Waals surface area contributed by atoms with E-state index in [9.17, 15) is 9.59 Å². The Hall–Kier alpha value is -3.28. The van der Waals surface area contributed by atoms with Gasteiger partial charge in [-0.05, 0) is 48.7 Å². The maximum atomic E-state index is 13.3. The first kappa shape index (κ1) is 21.4. The van der Waals surface area contributed by atoms with E-state index in [1.165, 1.54) is 0 Å². The van der Waals surface area contributed by atoms with Gasteiger partial charge in [-0.2, -0.15) is 0 Å². The SMILES string of the molecule is COc1ccc(C=C(NC(=O)c2ccccc2)C(=O)N2CCCCCC2)cc1OC. The zero-order chi connectivity index (χ0) is 21.3. The highest BCUT2D eigenvalue weighted by molar-refractivity contribution is 6.05. The Morgan fingerprint density at radius 3 is 2.20 bits per heavy atom.